The standard InChI is InChI=1S/C15H25ClN2/c1-6-15(3,4)18(5)14-10-13(16)9-8-12(14)11-17-7-2/h8-10,17H,6-7,11H2,1-5H3. The average Bonchev–Trinajstić information content (AvgIpc) is 2.36. The Balaban J connectivity index is 3.08. The van der Waals surface area contributed by atoms with E-state index in [0.29, 0.717) is 0 Å². The van der Waals surface area contributed by atoms with Crippen molar-refractivity contribution in [3.63, 3.8) is 0 Å². The monoisotopic (exact) mass is 268 g/mol. The van der Waals surface area contributed by atoms with Gasteiger partial charge in [0.05, 0.1) is 0 Å². The molecule has 0 saturated heterocycles. The summed E-state index contributed by atoms with van der Waals surface area (Å²) in [4.78, 5) is 2.32. The van der Waals surface area contributed by atoms with Crippen LogP contribution in [-0.2, 0) is 6.54 Å². The van der Waals surface area contributed by atoms with Crippen LogP contribution in [-0.4, -0.2) is 19.1 Å². The summed E-state index contributed by atoms with van der Waals surface area (Å²) in [6.07, 6.45) is 1.09. The van der Waals surface area contributed by atoms with Gasteiger partial charge in [0, 0.05) is 29.8 Å². The van der Waals surface area contributed by atoms with Gasteiger partial charge >= 0.3 is 0 Å². The SMILES string of the molecule is CCNCc1ccc(Cl)cc1N(C)C(C)(C)CC. The van der Waals surface area contributed by atoms with Crippen molar-refractivity contribution in [2.45, 2.75) is 46.2 Å². The van der Waals surface area contributed by atoms with Crippen LogP contribution < -0.4 is 10.2 Å². The smallest absolute Gasteiger partial charge is 0.0428 e. The van der Waals surface area contributed by atoms with Crippen molar-refractivity contribution >= 4 is 17.3 Å². The maximum absolute atomic E-state index is 6.14. The molecule has 0 heterocycles. The second-order valence-electron chi connectivity index (χ2n) is 5.28. The number of benzene rings is 1. The van der Waals surface area contributed by atoms with E-state index in [-0.39, 0.29) is 5.54 Å². The molecule has 0 unspecified atom stereocenters. The molecule has 0 aliphatic carbocycles. The van der Waals surface area contributed by atoms with Crippen molar-refractivity contribution in [2.24, 2.45) is 0 Å². The zero-order valence-corrected chi connectivity index (χ0v) is 12.9. The Hall–Kier alpha value is -0.730. The summed E-state index contributed by atoms with van der Waals surface area (Å²) in [5.41, 5.74) is 2.65. The average molecular weight is 269 g/mol. The Morgan fingerprint density at radius 1 is 1.28 bits per heavy atom. The van der Waals surface area contributed by atoms with Crippen LogP contribution in [0.1, 0.15) is 39.7 Å². The second kappa shape index (κ2) is 6.44. The van der Waals surface area contributed by atoms with Crippen LogP contribution in [0.15, 0.2) is 18.2 Å². The molecule has 0 fully saturated rings. The van der Waals surface area contributed by atoms with Crippen LogP contribution in [0.2, 0.25) is 5.02 Å². The molecule has 0 spiro atoms. The van der Waals surface area contributed by atoms with Crippen molar-refractivity contribution in [3.05, 3.63) is 28.8 Å². The van der Waals surface area contributed by atoms with Gasteiger partial charge in [-0.1, -0.05) is 31.5 Å². The molecule has 1 aromatic rings. The Labute approximate surface area is 116 Å². The fourth-order valence-corrected chi connectivity index (χ4v) is 1.99. The molecule has 102 valence electrons. The van der Waals surface area contributed by atoms with E-state index in [4.69, 9.17) is 11.6 Å². The number of nitrogens with one attached hydrogen (secondary N) is 1. The van der Waals surface area contributed by atoms with E-state index in [9.17, 15) is 0 Å². The van der Waals surface area contributed by atoms with E-state index in [1.54, 1.807) is 0 Å². The largest absolute Gasteiger partial charge is 0.369 e. The van der Waals surface area contributed by atoms with Crippen LogP contribution >= 0.6 is 11.6 Å². The molecule has 0 aromatic heterocycles. The minimum atomic E-state index is 0.131. The fourth-order valence-electron chi connectivity index (χ4n) is 1.82. The number of halogens is 1. The molecule has 0 atom stereocenters. The summed E-state index contributed by atoms with van der Waals surface area (Å²) in [6.45, 7) is 10.7. The van der Waals surface area contributed by atoms with Gasteiger partial charge in [-0.25, -0.2) is 0 Å². The first-order valence-corrected chi connectivity index (χ1v) is 7.03. The maximum Gasteiger partial charge on any atom is 0.0428 e. The zero-order chi connectivity index (χ0) is 13.8. The summed E-state index contributed by atoms with van der Waals surface area (Å²) < 4.78 is 0. The molecule has 0 saturated carbocycles. The van der Waals surface area contributed by atoms with Gasteiger partial charge in [-0.3, -0.25) is 0 Å². The Kier molecular flexibility index (Phi) is 5.48. The summed E-state index contributed by atoms with van der Waals surface area (Å²) in [7, 11) is 2.14. The summed E-state index contributed by atoms with van der Waals surface area (Å²) in [5.74, 6) is 0. The van der Waals surface area contributed by atoms with Gasteiger partial charge in [-0.15, -0.1) is 0 Å². The normalized spacial score (nSPS) is 11.7. The molecule has 0 bridgehead atoms. The first-order valence-electron chi connectivity index (χ1n) is 6.65. The van der Waals surface area contributed by atoms with Crippen LogP contribution in [0.3, 0.4) is 0 Å². The third-order valence-electron chi connectivity index (χ3n) is 3.75. The van der Waals surface area contributed by atoms with Crippen molar-refractivity contribution in [3.8, 4) is 0 Å². The molecule has 1 aromatic carbocycles. The summed E-state index contributed by atoms with van der Waals surface area (Å²) in [5, 5.41) is 4.17. The minimum absolute atomic E-state index is 0.131. The van der Waals surface area contributed by atoms with Gasteiger partial charge in [0.25, 0.3) is 0 Å². The lowest BCUT2D eigenvalue weighted by Crippen LogP contribution is -2.41. The van der Waals surface area contributed by atoms with E-state index in [1.807, 2.05) is 6.07 Å². The van der Waals surface area contributed by atoms with E-state index < -0.39 is 0 Å². The van der Waals surface area contributed by atoms with E-state index >= 15 is 0 Å². The van der Waals surface area contributed by atoms with Crippen molar-refractivity contribution in [2.75, 3.05) is 18.5 Å². The number of anilines is 1. The van der Waals surface area contributed by atoms with E-state index in [1.165, 1.54) is 11.3 Å². The lowest BCUT2D eigenvalue weighted by atomic mass is 9.98. The highest BCUT2D eigenvalue weighted by Crippen LogP contribution is 2.30. The van der Waals surface area contributed by atoms with Gasteiger partial charge < -0.3 is 10.2 Å². The van der Waals surface area contributed by atoms with E-state index in [2.05, 4.69) is 57.1 Å². The number of rotatable bonds is 6. The van der Waals surface area contributed by atoms with Gasteiger partial charge in [-0.05, 0) is 44.5 Å². The van der Waals surface area contributed by atoms with Crippen LogP contribution in [0.4, 0.5) is 5.69 Å². The first-order chi connectivity index (χ1) is 8.42. The highest BCUT2D eigenvalue weighted by molar-refractivity contribution is 6.30. The highest BCUT2D eigenvalue weighted by Gasteiger charge is 2.23. The van der Waals surface area contributed by atoms with Gasteiger partial charge in [0.15, 0.2) is 0 Å². The highest BCUT2D eigenvalue weighted by atomic mass is 35.5. The van der Waals surface area contributed by atoms with Gasteiger partial charge in [-0.2, -0.15) is 0 Å². The number of hydrogen-bond acceptors (Lipinski definition) is 2. The first kappa shape index (κ1) is 15.3. The number of nitrogens with zero attached hydrogens (tertiary/aromatic N) is 1. The molecule has 0 aliphatic heterocycles. The quantitative estimate of drug-likeness (QED) is 0.837. The van der Waals surface area contributed by atoms with Crippen molar-refractivity contribution in [1.82, 2.24) is 5.32 Å². The topological polar surface area (TPSA) is 15.3 Å². The summed E-state index contributed by atoms with van der Waals surface area (Å²) >= 11 is 6.14. The molecule has 1 rings (SSSR count). The second-order valence-corrected chi connectivity index (χ2v) is 5.71. The third-order valence-corrected chi connectivity index (χ3v) is 3.98. The Morgan fingerprint density at radius 3 is 2.50 bits per heavy atom. The minimum Gasteiger partial charge on any atom is -0.369 e. The maximum atomic E-state index is 6.14. The molecule has 0 aliphatic rings. The Bertz CT molecular complexity index is 388. The van der Waals surface area contributed by atoms with E-state index in [0.717, 1.165) is 24.5 Å². The lowest BCUT2D eigenvalue weighted by molar-refractivity contribution is 0.469. The van der Waals surface area contributed by atoms with Crippen LogP contribution in [0, 0.1) is 0 Å². The molecule has 0 radical (unpaired) electrons. The van der Waals surface area contributed by atoms with Gasteiger partial charge in [0.2, 0.25) is 0 Å². The Morgan fingerprint density at radius 2 is 1.94 bits per heavy atom. The fraction of sp³-hybridized carbons (Fsp3) is 0.600. The molecular formula is C15H25ClN2. The molecule has 2 nitrogen and oxygen atoms in total. The summed E-state index contributed by atoms with van der Waals surface area (Å²) in [6, 6.07) is 6.14. The molecule has 3 heteroatoms. The third kappa shape index (κ3) is 3.63. The predicted molar refractivity (Wildman–Crippen MR) is 81.6 cm³/mol. The number of hydrogen-bond donors (Lipinski definition) is 1. The van der Waals surface area contributed by atoms with Crippen LogP contribution in [0.5, 0.6) is 0 Å². The van der Waals surface area contributed by atoms with Crippen molar-refractivity contribution < 1.29 is 0 Å². The van der Waals surface area contributed by atoms with Crippen LogP contribution in [0.25, 0.3) is 0 Å². The lowest BCUT2D eigenvalue weighted by Gasteiger charge is -2.38. The molecular weight excluding hydrogens is 244 g/mol. The van der Waals surface area contributed by atoms with Crippen molar-refractivity contribution in [1.29, 1.82) is 0 Å². The zero-order valence-electron chi connectivity index (χ0n) is 12.2. The molecule has 1 N–H and O–H groups in total. The molecule has 0 amide bonds. The molecule has 18 heavy (non-hydrogen) atoms. The van der Waals surface area contributed by atoms with Gasteiger partial charge in [0.1, 0.15) is 0 Å². The predicted octanol–water partition coefficient (Wildman–Crippen LogP) is 4.07.